The predicted molar refractivity (Wildman–Crippen MR) is 57.6 cm³/mol. The van der Waals surface area contributed by atoms with Crippen molar-refractivity contribution in [1.82, 2.24) is 0 Å². The minimum absolute atomic E-state index is 0.217. The van der Waals surface area contributed by atoms with Gasteiger partial charge in [-0.3, -0.25) is 0 Å². The van der Waals surface area contributed by atoms with Crippen molar-refractivity contribution in [2.45, 2.75) is 52.8 Å². The average molecular weight is 164 g/mol. The molecule has 1 heteroatoms. The van der Waals surface area contributed by atoms with Crippen molar-refractivity contribution in [3.8, 4) is 0 Å². The van der Waals surface area contributed by atoms with Gasteiger partial charge in [0.05, 0.1) is 7.85 Å². The van der Waals surface area contributed by atoms with Crippen LogP contribution in [0.25, 0.3) is 0 Å². The molecule has 0 fully saturated rings. The van der Waals surface area contributed by atoms with E-state index in [1.54, 1.807) is 0 Å². The first-order valence-electron chi connectivity index (χ1n) is 4.60. The normalized spacial score (nSPS) is 13.1. The van der Waals surface area contributed by atoms with E-state index in [4.69, 9.17) is 7.85 Å². The van der Waals surface area contributed by atoms with Crippen LogP contribution in [0, 0.1) is 5.41 Å². The van der Waals surface area contributed by atoms with Crippen LogP contribution in [0.4, 0.5) is 0 Å². The van der Waals surface area contributed by atoms with Crippen molar-refractivity contribution in [2.75, 3.05) is 0 Å². The number of allylic oxidation sites excluding steroid dienone is 1. The van der Waals surface area contributed by atoms with Gasteiger partial charge in [-0.05, 0) is 18.3 Å². The summed E-state index contributed by atoms with van der Waals surface area (Å²) in [5.74, 6) is 0. The van der Waals surface area contributed by atoms with Crippen molar-refractivity contribution >= 4 is 7.85 Å². The van der Waals surface area contributed by atoms with E-state index in [9.17, 15) is 0 Å². The Kier molecular flexibility index (Phi) is 3.62. The second-order valence-electron chi connectivity index (χ2n) is 5.39. The van der Waals surface area contributed by atoms with Gasteiger partial charge in [0.1, 0.15) is 0 Å². The first-order chi connectivity index (χ1) is 5.13. The molecule has 0 saturated heterocycles. The van der Waals surface area contributed by atoms with Gasteiger partial charge in [0.25, 0.3) is 0 Å². The summed E-state index contributed by atoms with van der Waals surface area (Å²) in [5.41, 5.74) is 1.53. The molecule has 0 aliphatic rings. The van der Waals surface area contributed by atoms with Crippen LogP contribution < -0.4 is 0 Å². The first-order valence-corrected chi connectivity index (χ1v) is 4.60. The zero-order valence-electron chi connectivity index (χ0n) is 9.20. The molecule has 0 heterocycles. The Balaban J connectivity index is 3.90. The highest BCUT2D eigenvalue weighted by atomic mass is 14.2. The quantitative estimate of drug-likeness (QED) is 0.440. The van der Waals surface area contributed by atoms with E-state index in [-0.39, 0.29) is 5.31 Å². The van der Waals surface area contributed by atoms with Crippen LogP contribution in [0.1, 0.15) is 47.5 Å². The number of rotatable bonds is 3. The van der Waals surface area contributed by atoms with Gasteiger partial charge in [-0.15, -0.1) is 6.58 Å². The van der Waals surface area contributed by atoms with Gasteiger partial charge < -0.3 is 0 Å². The average Bonchev–Trinajstić information content (AvgIpc) is 1.78. The second kappa shape index (κ2) is 3.68. The molecule has 0 N–H and O–H groups in total. The molecular formula is C11H21B. The Hall–Kier alpha value is -0.195. The van der Waals surface area contributed by atoms with E-state index < -0.39 is 0 Å². The van der Waals surface area contributed by atoms with E-state index in [0.717, 1.165) is 18.4 Å². The summed E-state index contributed by atoms with van der Waals surface area (Å²) in [4.78, 5) is 0. The molecule has 0 saturated carbocycles. The molecule has 2 radical (unpaired) electrons. The maximum Gasteiger partial charge on any atom is 0.0798 e. The van der Waals surface area contributed by atoms with Crippen molar-refractivity contribution in [3.05, 3.63) is 12.2 Å². The molecule has 0 atom stereocenters. The minimum atomic E-state index is -0.217. The maximum absolute atomic E-state index is 5.91. The van der Waals surface area contributed by atoms with Gasteiger partial charge in [0.2, 0.25) is 0 Å². The summed E-state index contributed by atoms with van der Waals surface area (Å²) in [6.45, 7) is 14.7. The zero-order valence-corrected chi connectivity index (χ0v) is 9.20. The third-order valence-electron chi connectivity index (χ3n) is 2.09. The molecule has 12 heavy (non-hydrogen) atoms. The fourth-order valence-electron chi connectivity index (χ4n) is 0.848. The number of hydrogen-bond acceptors (Lipinski definition) is 0. The van der Waals surface area contributed by atoms with Crippen LogP contribution in [0.3, 0.4) is 0 Å². The lowest BCUT2D eigenvalue weighted by atomic mass is 9.65. The third kappa shape index (κ3) is 5.45. The van der Waals surface area contributed by atoms with Crippen LogP contribution in [0.5, 0.6) is 0 Å². The van der Waals surface area contributed by atoms with Gasteiger partial charge in [0, 0.05) is 0 Å². The van der Waals surface area contributed by atoms with Gasteiger partial charge in [-0.25, -0.2) is 0 Å². The van der Waals surface area contributed by atoms with Gasteiger partial charge in [-0.2, -0.15) is 0 Å². The molecule has 0 nitrogen and oxygen atoms in total. The lowest BCUT2D eigenvalue weighted by Crippen LogP contribution is -2.10. The van der Waals surface area contributed by atoms with Gasteiger partial charge >= 0.3 is 0 Å². The fraction of sp³-hybridized carbons (Fsp3) is 0.818. The summed E-state index contributed by atoms with van der Waals surface area (Å²) in [6.07, 6.45) is 2.19. The maximum atomic E-state index is 5.91. The van der Waals surface area contributed by atoms with E-state index in [0.29, 0.717) is 5.41 Å². The molecule has 0 aromatic heterocycles. The zero-order chi connectivity index (χ0) is 9.99. The topological polar surface area (TPSA) is 0 Å². The Labute approximate surface area is 78.9 Å². The molecule has 0 rings (SSSR count). The van der Waals surface area contributed by atoms with E-state index in [2.05, 4.69) is 27.4 Å². The summed E-state index contributed by atoms with van der Waals surface area (Å²) in [6, 6.07) is 0. The van der Waals surface area contributed by atoms with Crippen LogP contribution >= 0.6 is 0 Å². The fourth-order valence-corrected chi connectivity index (χ4v) is 0.848. The Morgan fingerprint density at radius 3 is 1.83 bits per heavy atom. The standard InChI is InChI=1S/C11H21B/c1-9(11(5,6)12)7-8-10(2,3)4/h1,7-8H2,2-6H3. The molecule has 0 amide bonds. The van der Waals surface area contributed by atoms with Gasteiger partial charge in [-0.1, -0.05) is 45.5 Å². The molecule has 0 bridgehead atoms. The summed E-state index contributed by atoms with van der Waals surface area (Å²) in [5, 5.41) is -0.217. The van der Waals surface area contributed by atoms with Crippen molar-refractivity contribution in [1.29, 1.82) is 0 Å². The molecule has 0 aliphatic carbocycles. The van der Waals surface area contributed by atoms with Crippen molar-refractivity contribution in [3.63, 3.8) is 0 Å². The lowest BCUT2D eigenvalue weighted by molar-refractivity contribution is 0.373. The molecule has 0 aliphatic heterocycles. The van der Waals surface area contributed by atoms with Gasteiger partial charge in [0.15, 0.2) is 0 Å². The van der Waals surface area contributed by atoms with Crippen LogP contribution in [-0.4, -0.2) is 7.85 Å². The van der Waals surface area contributed by atoms with Crippen LogP contribution in [-0.2, 0) is 0 Å². The summed E-state index contributed by atoms with van der Waals surface area (Å²) >= 11 is 0. The highest BCUT2D eigenvalue weighted by molar-refractivity contribution is 6.16. The molecular weight excluding hydrogens is 143 g/mol. The van der Waals surface area contributed by atoms with E-state index in [1.807, 2.05) is 13.8 Å². The van der Waals surface area contributed by atoms with Crippen LogP contribution in [0.2, 0.25) is 5.31 Å². The SMILES string of the molecule is [B]C(C)(C)C(=C)CCC(C)(C)C. The third-order valence-corrected chi connectivity index (χ3v) is 2.09. The monoisotopic (exact) mass is 164 g/mol. The van der Waals surface area contributed by atoms with E-state index in [1.165, 1.54) is 0 Å². The largest absolute Gasteiger partial charge is 0.100 e. The number of hydrogen-bond donors (Lipinski definition) is 0. The molecule has 68 valence electrons. The predicted octanol–water partition coefficient (Wildman–Crippen LogP) is 3.74. The summed E-state index contributed by atoms with van der Waals surface area (Å²) in [7, 11) is 5.91. The molecule has 0 aromatic carbocycles. The lowest BCUT2D eigenvalue weighted by Gasteiger charge is -2.26. The first kappa shape index (κ1) is 11.8. The molecule has 0 spiro atoms. The van der Waals surface area contributed by atoms with Crippen molar-refractivity contribution in [2.24, 2.45) is 5.41 Å². The highest BCUT2D eigenvalue weighted by Crippen LogP contribution is 2.34. The second-order valence-corrected chi connectivity index (χ2v) is 5.39. The smallest absolute Gasteiger partial charge is 0.0798 e. The van der Waals surface area contributed by atoms with Crippen LogP contribution in [0.15, 0.2) is 12.2 Å². The Morgan fingerprint density at radius 2 is 1.58 bits per heavy atom. The minimum Gasteiger partial charge on any atom is -0.100 e. The Morgan fingerprint density at radius 1 is 1.17 bits per heavy atom. The summed E-state index contributed by atoms with van der Waals surface area (Å²) < 4.78 is 0. The molecule has 0 unspecified atom stereocenters. The highest BCUT2D eigenvalue weighted by Gasteiger charge is 2.17. The van der Waals surface area contributed by atoms with E-state index >= 15 is 0 Å². The van der Waals surface area contributed by atoms with Crippen molar-refractivity contribution < 1.29 is 0 Å². The molecule has 0 aromatic rings. The Bertz CT molecular complexity index is 155.